The first kappa shape index (κ1) is 23.9. The van der Waals surface area contributed by atoms with Gasteiger partial charge in [0.25, 0.3) is 11.8 Å². The van der Waals surface area contributed by atoms with Crippen molar-refractivity contribution in [3.63, 3.8) is 0 Å². The number of aryl methyl sites for hydroxylation is 6. The zero-order valence-corrected chi connectivity index (χ0v) is 20.4. The minimum absolute atomic E-state index is 0.206. The summed E-state index contributed by atoms with van der Waals surface area (Å²) in [4.78, 5) is 26.4. The molecule has 0 atom stereocenters. The quantitative estimate of drug-likeness (QED) is 0.397. The highest BCUT2D eigenvalue weighted by Crippen LogP contribution is 2.33. The number of benzene rings is 3. The summed E-state index contributed by atoms with van der Waals surface area (Å²) < 4.78 is 0. The van der Waals surface area contributed by atoms with Crippen LogP contribution >= 0.6 is 0 Å². The summed E-state index contributed by atoms with van der Waals surface area (Å²) in [5.41, 5.74) is 21.5. The van der Waals surface area contributed by atoms with Crippen molar-refractivity contribution in [1.29, 1.82) is 0 Å². The molecule has 2 amide bonds. The maximum absolute atomic E-state index is 13.2. The largest absolute Gasteiger partial charge is 0.399 e. The summed E-state index contributed by atoms with van der Waals surface area (Å²) >= 11 is 0. The molecule has 0 aliphatic carbocycles. The van der Waals surface area contributed by atoms with Crippen molar-refractivity contribution in [2.45, 2.75) is 48.5 Å². The Morgan fingerprint density at radius 2 is 0.848 bits per heavy atom. The van der Waals surface area contributed by atoms with Crippen molar-refractivity contribution < 1.29 is 9.59 Å². The molecule has 3 aromatic carbocycles. The Bertz CT molecular complexity index is 1150. The van der Waals surface area contributed by atoms with Gasteiger partial charge < -0.3 is 22.1 Å². The number of nitrogens with one attached hydrogen (secondary N) is 2. The van der Waals surface area contributed by atoms with Crippen molar-refractivity contribution >= 4 is 34.6 Å². The van der Waals surface area contributed by atoms with Crippen LogP contribution in [0.1, 0.15) is 59.7 Å². The molecule has 6 N–H and O–H groups in total. The van der Waals surface area contributed by atoms with E-state index in [0.717, 1.165) is 38.9 Å². The number of anilines is 4. The van der Waals surface area contributed by atoms with Gasteiger partial charge in [0.05, 0.1) is 0 Å². The summed E-state index contributed by atoms with van der Waals surface area (Å²) in [6.45, 7) is 13.3. The lowest BCUT2D eigenvalue weighted by atomic mass is 9.98. The van der Waals surface area contributed by atoms with Gasteiger partial charge in [-0.3, -0.25) is 9.59 Å². The number of hydrogen-bond acceptors (Lipinski definition) is 4. The molecule has 6 nitrogen and oxygen atoms in total. The lowest BCUT2D eigenvalue weighted by Gasteiger charge is -2.20. The van der Waals surface area contributed by atoms with E-state index in [-0.39, 0.29) is 11.8 Å². The molecule has 3 aromatic rings. The number of rotatable bonds is 4. The van der Waals surface area contributed by atoms with Crippen LogP contribution in [0.4, 0.5) is 22.7 Å². The van der Waals surface area contributed by atoms with Crippen LogP contribution in [0.2, 0.25) is 0 Å². The van der Waals surface area contributed by atoms with Crippen LogP contribution in [0, 0.1) is 48.5 Å². The van der Waals surface area contributed by atoms with Gasteiger partial charge in [0.15, 0.2) is 0 Å². The van der Waals surface area contributed by atoms with E-state index in [1.165, 1.54) is 0 Å². The normalized spacial score (nSPS) is 10.8. The number of carbonyl (C=O) groups is 2. The van der Waals surface area contributed by atoms with Gasteiger partial charge in [-0.1, -0.05) is 6.07 Å². The fourth-order valence-corrected chi connectivity index (χ4v) is 4.63. The van der Waals surface area contributed by atoms with Gasteiger partial charge >= 0.3 is 0 Å². The van der Waals surface area contributed by atoms with Crippen molar-refractivity contribution in [1.82, 2.24) is 0 Å². The molecule has 0 spiro atoms. The molecular weight excluding hydrogens is 412 g/mol. The minimum Gasteiger partial charge on any atom is -0.399 e. The molecular formula is C27H32N4O2. The molecule has 172 valence electrons. The Morgan fingerprint density at radius 1 is 0.545 bits per heavy atom. The first-order valence-electron chi connectivity index (χ1n) is 10.9. The van der Waals surface area contributed by atoms with Crippen LogP contribution in [-0.2, 0) is 0 Å². The van der Waals surface area contributed by atoms with E-state index in [9.17, 15) is 9.59 Å². The molecule has 0 bridgehead atoms. The molecule has 0 fully saturated rings. The SMILES string of the molecule is Cc1cc(C)c(NC(=O)c2c(C)cc(N)cc2C)c(C)c1NC(=O)c1c(C)cc(N)cc1C. The van der Waals surface area contributed by atoms with Gasteiger partial charge in [-0.25, -0.2) is 0 Å². The van der Waals surface area contributed by atoms with E-state index in [4.69, 9.17) is 11.5 Å². The first-order chi connectivity index (χ1) is 15.4. The predicted molar refractivity (Wildman–Crippen MR) is 137 cm³/mol. The Morgan fingerprint density at radius 3 is 1.15 bits per heavy atom. The molecule has 0 heterocycles. The van der Waals surface area contributed by atoms with E-state index >= 15 is 0 Å². The second-order valence-corrected chi connectivity index (χ2v) is 8.85. The Hall–Kier alpha value is -3.80. The maximum atomic E-state index is 13.2. The Labute approximate surface area is 195 Å². The smallest absolute Gasteiger partial charge is 0.256 e. The highest BCUT2D eigenvalue weighted by Gasteiger charge is 2.20. The summed E-state index contributed by atoms with van der Waals surface area (Å²) in [5.74, 6) is -0.412. The van der Waals surface area contributed by atoms with Gasteiger partial charge in [0.2, 0.25) is 0 Å². The van der Waals surface area contributed by atoms with Crippen molar-refractivity contribution in [2.24, 2.45) is 0 Å². The van der Waals surface area contributed by atoms with Crippen LogP contribution in [-0.4, -0.2) is 11.8 Å². The zero-order chi connectivity index (χ0) is 24.6. The van der Waals surface area contributed by atoms with Gasteiger partial charge in [-0.15, -0.1) is 0 Å². The highest BCUT2D eigenvalue weighted by atomic mass is 16.2. The van der Waals surface area contributed by atoms with Gasteiger partial charge in [0, 0.05) is 33.9 Å². The van der Waals surface area contributed by atoms with Crippen LogP contribution < -0.4 is 22.1 Å². The van der Waals surface area contributed by atoms with Crippen LogP contribution in [0.25, 0.3) is 0 Å². The average Bonchev–Trinajstić information content (AvgIpc) is 2.66. The number of nitrogen functional groups attached to an aromatic ring is 2. The van der Waals surface area contributed by atoms with E-state index in [1.54, 1.807) is 24.3 Å². The third-order valence-corrected chi connectivity index (χ3v) is 6.01. The zero-order valence-electron chi connectivity index (χ0n) is 20.4. The molecule has 0 aliphatic heterocycles. The number of carbonyl (C=O) groups excluding carboxylic acids is 2. The van der Waals surface area contributed by atoms with E-state index in [0.29, 0.717) is 33.9 Å². The summed E-state index contributed by atoms with van der Waals surface area (Å²) in [6, 6.07) is 9.13. The van der Waals surface area contributed by atoms with Crippen molar-refractivity contribution in [3.05, 3.63) is 80.4 Å². The third-order valence-electron chi connectivity index (χ3n) is 6.01. The first-order valence-corrected chi connectivity index (χ1v) is 10.9. The Balaban J connectivity index is 1.99. The number of amides is 2. The fraction of sp³-hybridized carbons (Fsp3) is 0.259. The molecule has 3 rings (SSSR count). The van der Waals surface area contributed by atoms with Crippen molar-refractivity contribution in [2.75, 3.05) is 22.1 Å². The van der Waals surface area contributed by atoms with Gasteiger partial charge in [-0.2, -0.15) is 0 Å². The molecule has 6 heteroatoms. The van der Waals surface area contributed by atoms with E-state index in [2.05, 4.69) is 10.6 Å². The van der Waals surface area contributed by atoms with E-state index in [1.807, 2.05) is 54.5 Å². The molecule has 0 aromatic heterocycles. The monoisotopic (exact) mass is 444 g/mol. The molecule has 0 saturated carbocycles. The fourth-order valence-electron chi connectivity index (χ4n) is 4.63. The van der Waals surface area contributed by atoms with Crippen LogP contribution in [0.15, 0.2) is 30.3 Å². The lowest BCUT2D eigenvalue weighted by Crippen LogP contribution is -2.20. The topological polar surface area (TPSA) is 110 Å². The molecule has 0 unspecified atom stereocenters. The second kappa shape index (κ2) is 8.98. The maximum Gasteiger partial charge on any atom is 0.256 e. The van der Waals surface area contributed by atoms with Crippen molar-refractivity contribution in [3.8, 4) is 0 Å². The molecule has 33 heavy (non-hydrogen) atoms. The average molecular weight is 445 g/mol. The summed E-state index contributed by atoms with van der Waals surface area (Å²) in [5, 5.41) is 6.12. The molecule has 0 aliphatic rings. The Kier molecular flexibility index (Phi) is 6.49. The third kappa shape index (κ3) is 4.70. The number of hydrogen-bond donors (Lipinski definition) is 4. The molecule has 0 saturated heterocycles. The van der Waals surface area contributed by atoms with Gasteiger partial charge in [-0.05, 0) is 112 Å². The highest BCUT2D eigenvalue weighted by molar-refractivity contribution is 6.10. The minimum atomic E-state index is -0.206. The standard InChI is InChI=1S/C27H32N4O2/c1-13-9-20(28)10-14(2)22(13)26(32)30-24-17(5)8-18(6)25(19(24)7)31-27(33)23-15(3)11-21(29)12-16(23)4/h8-12H,28-29H2,1-7H3,(H,30,32)(H,31,33). The van der Waals surface area contributed by atoms with Gasteiger partial charge in [0.1, 0.15) is 0 Å². The number of nitrogens with two attached hydrogens (primary N) is 2. The van der Waals surface area contributed by atoms with E-state index < -0.39 is 0 Å². The molecule has 0 radical (unpaired) electrons. The predicted octanol–water partition coefficient (Wildman–Crippen LogP) is 5.51. The van der Waals surface area contributed by atoms with Crippen LogP contribution in [0.3, 0.4) is 0 Å². The van der Waals surface area contributed by atoms with Crippen LogP contribution in [0.5, 0.6) is 0 Å². The lowest BCUT2D eigenvalue weighted by molar-refractivity contribution is 0.101. The summed E-state index contributed by atoms with van der Waals surface area (Å²) in [7, 11) is 0. The summed E-state index contributed by atoms with van der Waals surface area (Å²) in [6.07, 6.45) is 0. The second-order valence-electron chi connectivity index (χ2n) is 8.85.